The lowest BCUT2D eigenvalue weighted by atomic mass is 9.96. The monoisotopic (exact) mass is 502 g/mol. The van der Waals surface area contributed by atoms with Crippen LogP contribution < -0.4 is 0 Å². The molecule has 1 aliphatic heterocycles. The van der Waals surface area contributed by atoms with Gasteiger partial charge in [-0.1, -0.05) is 66.2 Å². The highest BCUT2D eigenvalue weighted by atomic mass is 32.2. The molecule has 0 saturated carbocycles. The molecule has 7 nitrogen and oxygen atoms in total. The first kappa shape index (κ1) is 23.8. The van der Waals surface area contributed by atoms with Gasteiger partial charge in [-0.2, -0.15) is 0 Å². The molecule has 1 aromatic heterocycles. The van der Waals surface area contributed by atoms with Gasteiger partial charge in [-0.25, -0.2) is 17.2 Å². The maximum absolute atomic E-state index is 14.0. The Hall–Kier alpha value is -3.91. The maximum Gasteiger partial charge on any atom is 0.410 e. The molecule has 184 valence electrons. The first-order valence-electron chi connectivity index (χ1n) is 11.8. The van der Waals surface area contributed by atoms with E-state index in [2.05, 4.69) is 0 Å². The van der Waals surface area contributed by atoms with Crippen LogP contribution in [0.3, 0.4) is 0 Å². The second kappa shape index (κ2) is 9.62. The SMILES string of the molecule is Cc1ccc(S(=O)(=O)n2c3c(c4ccccc42)CCN(C(=O)OCc2ccccc2)[C@H]3CC=O)cc1. The zero-order valence-electron chi connectivity index (χ0n) is 19.8. The molecule has 0 N–H and O–H groups in total. The summed E-state index contributed by atoms with van der Waals surface area (Å²) in [5.74, 6) is 0. The summed E-state index contributed by atoms with van der Waals surface area (Å²) in [4.78, 5) is 26.6. The van der Waals surface area contributed by atoms with Gasteiger partial charge in [0.1, 0.15) is 12.9 Å². The van der Waals surface area contributed by atoms with Gasteiger partial charge in [0.05, 0.1) is 22.1 Å². The molecule has 0 spiro atoms. The number of aldehydes is 1. The van der Waals surface area contributed by atoms with E-state index in [1.54, 1.807) is 36.4 Å². The quantitative estimate of drug-likeness (QED) is 0.346. The first-order valence-corrected chi connectivity index (χ1v) is 13.2. The predicted molar refractivity (Wildman–Crippen MR) is 136 cm³/mol. The molecule has 0 radical (unpaired) electrons. The third-order valence-corrected chi connectivity index (χ3v) is 8.33. The van der Waals surface area contributed by atoms with Crippen LogP contribution in [0.5, 0.6) is 0 Å². The van der Waals surface area contributed by atoms with Crippen LogP contribution in [0.4, 0.5) is 4.79 Å². The summed E-state index contributed by atoms with van der Waals surface area (Å²) in [6, 6.07) is 22.5. The van der Waals surface area contributed by atoms with Gasteiger partial charge in [0.15, 0.2) is 0 Å². The fourth-order valence-corrected chi connectivity index (χ4v) is 6.46. The fraction of sp³-hybridized carbons (Fsp3) is 0.214. The molecule has 0 unspecified atom stereocenters. The third kappa shape index (κ3) is 4.18. The van der Waals surface area contributed by atoms with Crippen molar-refractivity contribution in [2.45, 2.75) is 37.3 Å². The number of aromatic nitrogens is 1. The minimum atomic E-state index is -4.01. The second-order valence-corrected chi connectivity index (χ2v) is 10.7. The normalized spacial score (nSPS) is 15.5. The molecule has 3 aromatic carbocycles. The summed E-state index contributed by atoms with van der Waals surface area (Å²) in [5, 5.41) is 0.802. The number of benzene rings is 3. The average molecular weight is 503 g/mol. The molecule has 4 aromatic rings. The second-order valence-electron chi connectivity index (χ2n) is 8.87. The number of para-hydroxylation sites is 1. The average Bonchev–Trinajstić information content (AvgIpc) is 3.24. The lowest BCUT2D eigenvalue weighted by Crippen LogP contribution is -2.41. The summed E-state index contributed by atoms with van der Waals surface area (Å²) in [6.07, 6.45) is 0.536. The molecule has 0 fully saturated rings. The predicted octanol–water partition coefficient (Wildman–Crippen LogP) is 5.01. The van der Waals surface area contributed by atoms with Gasteiger partial charge < -0.3 is 9.53 Å². The van der Waals surface area contributed by atoms with Gasteiger partial charge in [-0.05, 0) is 42.7 Å². The Balaban J connectivity index is 1.61. The van der Waals surface area contributed by atoms with E-state index in [-0.39, 0.29) is 17.9 Å². The Morgan fingerprint density at radius 3 is 2.42 bits per heavy atom. The number of aryl methyl sites for hydroxylation is 1. The highest BCUT2D eigenvalue weighted by molar-refractivity contribution is 7.90. The number of ether oxygens (including phenoxy) is 1. The minimum Gasteiger partial charge on any atom is -0.445 e. The van der Waals surface area contributed by atoms with E-state index in [1.807, 2.05) is 49.4 Å². The van der Waals surface area contributed by atoms with Crippen LogP contribution in [0.2, 0.25) is 0 Å². The van der Waals surface area contributed by atoms with E-state index in [0.29, 0.717) is 24.2 Å². The molecule has 0 aliphatic carbocycles. The van der Waals surface area contributed by atoms with Crippen LogP contribution in [0.25, 0.3) is 10.9 Å². The van der Waals surface area contributed by atoms with Gasteiger partial charge in [0, 0.05) is 18.4 Å². The third-order valence-electron chi connectivity index (χ3n) is 6.59. The van der Waals surface area contributed by atoms with Crippen LogP contribution in [-0.2, 0) is 32.6 Å². The standard InChI is InChI=1S/C28H26N2O5S/c1-20-11-13-22(14-12-20)36(33,34)30-25-10-6-5-9-23(25)24-15-17-29(26(16-18-31)27(24)30)28(32)35-19-21-7-3-2-4-8-21/h2-14,18,26H,15-17,19H2,1H3/t26-/m0/s1. The van der Waals surface area contributed by atoms with E-state index >= 15 is 0 Å². The molecule has 0 saturated heterocycles. The number of amides is 1. The van der Waals surface area contributed by atoms with Crippen molar-refractivity contribution in [3.8, 4) is 0 Å². The molecular formula is C28H26N2O5S. The van der Waals surface area contributed by atoms with Crippen LogP contribution in [0.1, 0.15) is 34.8 Å². The largest absolute Gasteiger partial charge is 0.445 e. The zero-order valence-corrected chi connectivity index (χ0v) is 20.6. The molecule has 1 atom stereocenters. The lowest BCUT2D eigenvalue weighted by molar-refractivity contribution is -0.109. The summed E-state index contributed by atoms with van der Waals surface area (Å²) in [7, 11) is -4.01. The van der Waals surface area contributed by atoms with E-state index in [9.17, 15) is 18.0 Å². The molecular weight excluding hydrogens is 476 g/mol. The molecule has 1 aliphatic rings. The lowest BCUT2D eigenvalue weighted by Gasteiger charge is -2.35. The van der Waals surface area contributed by atoms with Crippen molar-refractivity contribution in [2.75, 3.05) is 6.54 Å². The topological polar surface area (TPSA) is 85.7 Å². The number of rotatable bonds is 6. The van der Waals surface area contributed by atoms with Crippen LogP contribution in [0, 0.1) is 6.92 Å². The Labute approximate surface area is 210 Å². The molecule has 0 bridgehead atoms. The Kier molecular flexibility index (Phi) is 6.36. The van der Waals surface area contributed by atoms with Gasteiger partial charge >= 0.3 is 6.09 Å². The summed E-state index contributed by atoms with van der Waals surface area (Å²) in [6.45, 7) is 2.29. The van der Waals surface area contributed by atoms with Crippen molar-refractivity contribution in [3.63, 3.8) is 0 Å². The Morgan fingerprint density at radius 2 is 1.69 bits per heavy atom. The molecule has 36 heavy (non-hydrogen) atoms. The first-order chi connectivity index (χ1) is 17.4. The summed E-state index contributed by atoms with van der Waals surface area (Å²) < 4.78 is 34.8. The van der Waals surface area contributed by atoms with Crippen molar-refractivity contribution < 1.29 is 22.7 Å². The van der Waals surface area contributed by atoms with Crippen molar-refractivity contribution in [2.24, 2.45) is 0 Å². The van der Waals surface area contributed by atoms with E-state index < -0.39 is 22.2 Å². The van der Waals surface area contributed by atoms with Crippen molar-refractivity contribution >= 4 is 33.3 Å². The highest BCUT2D eigenvalue weighted by Gasteiger charge is 2.39. The van der Waals surface area contributed by atoms with Crippen LogP contribution >= 0.6 is 0 Å². The summed E-state index contributed by atoms with van der Waals surface area (Å²) in [5.41, 5.74) is 3.58. The molecule has 2 heterocycles. The Morgan fingerprint density at radius 1 is 1.00 bits per heavy atom. The van der Waals surface area contributed by atoms with Gasteiger partial charge in [-0.15, -0.1) is 0 Å². The van der Waals surface area contributed by atoms with Gasteiger partial charge in [-0.3, -0.25) is 4.90 Å². The maximum atomic E-state index is 14.0. The van der Waals surface area contributed by atoms with Gasteiger partial charge in [0.25, 0.3) is 10.0 Å². The van der Waals surface area contributed by atoms with Crippen LogP contribution in [-0.4, -0.2) is 36.2 Å². The van der Waals surface area contributed by atoms with E-state index in [4.69, 9.17) is 4.74 Å². The number of fused-ring (bicyclic) bond motifs is 3. The molecule has 5 rings (SSSR count). The number of hydrogen-bond donors (Lipinski definition) is 0. The van der Waals surface area contributed by atoms with Crippen molar-refractivity contribution in [3.05, 3.63) is 101 Å². The van der Waals surface area contributed by atoms with Gasteiger partial charge in [0.2, 0.25) is 0 Å². The smallest absolute Gasteiger partial charge is 0.410 e. The highest BCUT2D eigenvalue weighted by Crippen LogP contribution is 2.40. The van der Waals surface area contributed by atoms with Crippen LogP contribution in [0.15, 0.2) is 83.8 Å². The van der Waals surface area contributed by atoms with E-state index in [1.165, 1.54) is 8.87 Å². The number of carbonyl (C=O) groups is 2. The molecule has 8 heteroatoms. The fourth-order valence-electron chi connectivity index (χ4n) is 4.86. The van der Waals surface area contributed by atoms with E-state index in [0.717, 1.165) is 28.4 Å². The summed E-state index contributed by atoms with van der Waals surface area (Å²) >= 11 is 0. The number of carbonyl (C=O) groups excluding carboxylic acids is 2. The number of nitrogens with zero attached hydrogens (tertiary/aromatic N) is 2. The Bertz CT molecular complexity index is 1530. The zero-order chi connectivity index (χ0) is 25.3. The van der Waals surface area contributed by atoms with Crippen molar-refractivity contribution in [1.29, 1.82) is 0 Å². The van der Waals surface area contributed by atoms with Crippen molar-refractivity contribution in [1.82, 2.24) is 8.87 Å². The minimum absolute atomic E-state index is 0.0484. The number of hydrogen-bond acceptors (Lipinski definition) is 5. The molecule has 1 amide bonds.